The maximum absolute atomic E-state index is 13.0. The molecule has 1 N–H and O–H groups in total. The van der Waals surface area contributed by atoms with Crippen molar-refractivity contribution in [3.05, 3.63) is 52.3 Å². The van der Waals surface area contributed by atoms with Gasteiger partial charge < -0.3 is 10.2 Å². The Balaban J connectivity index is 2.46. The second-order valence-electron chi connectivity index (χ2n) is 4.36. The van der Waals surface area contributed by atoms with Crippen molar-refractivity contribution < 1.29 is 9.31 Å². The van der Waals surface area contributed by atoms with Crippen LogP contribution in [0.2, 0.25) is 0 Å². The zero-order valence-electron chi connectivity index (χ0n) is 11.7. The number of nitrogens with one attached hydrogen (secondary N) is 1. The standard InChI is InChI=1S/C14H15FN4O2/c1-3-16-13-9-8-12(19(20)21)14(17-13)18(2)11-6-4-10(15)5-7-11/h4-9H,3H2,1-2H3,(H,16,17). The van der Waals surface area contributed by atoms with E-state index in [1.54, 1.807) is 30.1 Å². The fourth-order valence-electron chi connectivity index (χ4n) is 1.90. The van der Waals surface area contributed by atoms with Gasteiger partial charge in [0.2, 0.25) is 5.82 Å². The first-order chi connectivity index (χ1) is 10.0. The summed E-state index contributed by atoms with van der Waals surface area (Å²) in [6.07, 6.45) is 0. The third-order valence-electron chi connectivity index (χ3n) is 2.94. The molecule has 110 valence electrons. The van der Waals surface area contributed by atoms with E-state index in [9.17, 15) is 14.5 Å². The molecule has 1 aromatic carbocycles. The first-order valence-corrected chi connectivity index (χ1v) is 6.41. The van der Waals surface area contributed by atoms with Crippen molar-refractivity contribution in [3.63, 3.8) is 0 Å². The van der Waals surface area contributed by atoms with Gasteiger partial charge in [0, 0.05) is 25.3 Å². The lowest BCUT2D eigenvalue weighted by molar-refractivity contribution is -0.384. The molecule has 0 fully saturated rings. The van der Waals surface area contributed by atoms with Crippen LogP contribution in [0.3, 0.4) is 0 Å². The smallest absolute Gasteiger partial charge is 0.312 e. The number of rotatable bonds is 5. The van der Waals surface area contributed by atoms with Gasteiger partial charge in [-0.1, -0.05) is 0 Å². The number of hydrogen-bond donors (Lipinski definition) is 1. The summed E-state index contributed by atoms with van der Waals surface area (Å²) < 4.78 is 13.0. The van der Waals surface area contributed by atoms with Crippen LogP contribution in [0.1, 0.15) is 6.92 Å². The summed E-state index contributed by atoms with van der Waals surface area (Å²) in [6.45, 7) is 2.57. The second kappa shape index (κ2) is 6.17. The fraction of sp³-hybridized carbons (Fsp3) is 0.214. The third kappa shape index (κ3) is 3.25. The highest BCUT2D eigenvalue weighted by molar-refractivity contribution is 5.69. The molecule has 0 spiro atoms. The average Bonchev–Trinajstić information content (AvgIpc) is 2.47. The summed E-state index contributed by atoms with van der Waals surface area (Å²) >= 11 is 0. The van der Waals surface area contributed by atoms with Crippen molar-refractivity contribution >= 4 is 23.0 Å². The van der Waals surface area contributed by atoms with E-state index in [1.807, 2.05) is 6.92 Å². The second-order valence-corrected chi connectivity index (χ2v) is 4.36. The van der Waals surface area contributed by atoms with Crippen molar-refractivity contribution in [2.75, 3.05) is 23.8 Å². The van der Waals surface area contributed by atoms with Gasteiger partial charge in [0.1, 0.15) is 11.6 Å². The molecular weight excluding hydrogens is 275 g/mol. The van der Waals surface area contributed by atoms with Crippen LogP contribution in [0.5, 0.6) is 0 Å². The van der Waals surface area contributed by atoms with Gasteiger partial charge in [-0.25, -0.2) is 9.37 Å². The molecule has 2 rings (SSSR count). The Hall–Kier alpha value is -2.70. The summed E-state index contributed by atoms with van der Waals surface area (Å²) in [6, 6.07) is 8.64. The van der Waals surface area contributed by atoms with Crippen LogP contribution < -0.4 is 10.2 Å². The highest BCUT2D eigenvalue weighted by atomic mass is 19.1. The van der Waals surface area contributed by atoms with E-state index in [1.165, 1.54) is 18.2 Å². The Morgan fingerprint density at radius 1 is 1.29 bits per heavy atom. The molecule has 1 aromatic heterocycles. The summed E-state index contributed by atoms with van der Waals surface area (Å²) in [5.41, 5.74) is 0.504. The minimum atomic E-state index is -0.488. The van der Waals surface area contributed by atoms with E-state index in [-0.39, 0.29) is 17.3 Å². The number of pyridine rings is 1. The minimum absolute atomic E-state index is 0.108. The molecule has 1 heterocycles. The normalized spacial score (nSPS) is 10.2. The quantitative estimate of drug-likeness (QED) is 0.675. The number of nitrogens with zero attached hydrogens (tertiary/aromatic N) is 3. The van der Waals surface area contributed by atoms with Gasteiger partial charge in [-0.15, -0.1) is 0 Å². The zero-order valence-corrected chi connectivity index (χ0v) is 11.7. The number of halogens is 1. The van der Waals surface area contributed by atoms with Crippen molar-refractivity contribution in [1.82, 2.24) is 4.98 Å². The van der Waals surface area contributed by atoms with Crippen LogP contribution in [0, 0.1) is 15.9 Å². The van der Waals surface area contributed by atoms with E-state index in [0.29, 0.717) is 18.1 Å². The van der Waals surface area contributed by atoms with Crippen molar-refractivity contribution in [3.8, 4) is 0 Å². The molecule has 0 saturated carbocycles. The number of aromatic nitrogens is 1. The predicted molar refractivity (Wildman–Crippen MR) is 79.5 cm³/mol. The van der Waals surface area contributed by atoms with Crippen LogP contribution >= 0.6 is 0 Å². The number of anilines is 3. The molecule has 0 aliphatic heterocycles. The highest BCUT2D eigenvalue weighted by Gasteiger charge is 2.20. The molecule has 21 heavy (non-hydrogen) atoms. The molecule has 0 saturated heterocycles. The van der Waals surface area contributed by atoms with E-state index < -0.39 is 4.92 Å². The van der Waals surface area contributed by atoms with Crippen molar-refractivity contribution in [2.45, 2.75) is 6.92 Å². The molecule has 0 radical (unpaired) electrons. The molecule has 6 nitrogen and oxygen atoms in total. The van der Waals surface area contributed by atoms with Crippen molar-refractivity contribution in [1.29, 1.82) is 0 Å². The molecule has 2 aromatic rings. The van der Waals surface area contributed by atoms with Gasteiger partial charge in [-0.05, 0) is 37.3 Å². The number of benzene rings is 1. The Kier molecular flexibility index (Phi) is 4.32. The molecule has 0 amide bonds. The largest absolute Gasteiger partial charge is 0.370 e. The Labute approximate surface area is 121 Å². The maximum Gasteiger partial charge on any atom is 0.312 e. The zero-order chi connectivity index (χ0) is 15.4. The van der Waals surface area contributed by atoms with Crippen LogP contribution in [-0.2, 0) is 0 Å². The lowest BCUT2D eigenvalue weighted by Gasteiger charge is -2.19. The average molecular weight is 290 g/mol. The fourth-order valence-corrected chi connectivity index (χ4v) is 1.90. The Morgan fingerprint density at radius 3 is 2.52 bits per heavy atom. The summed E-state index contributed by atoms with van der Waals surface area (Å²) in [4.78, 5) is 16.5. The lowest BCUT2D eigenvalue weighted by atomic mass is 10.2. The molecule has 0 unspecified atom stereocenters. The van der Waals surface area contributed by atoms with E-state index in [0.717, 1.165) is 0 Å². The van der Waals surface area contributed by atoms with Crippen LogP contribution in [-0.4, -0.2) is 23.5 Å². The molecule has 0 atom stereocenters. The molecule has 0 aliphatic carbocycles. The number of nitro groups is 1. The highest BCUT2D eigenvalue weighted by Crippen LogP contribution is 2.31. The van der Waals surface area contributed by atoms with E-state index in [2.05, 4.69) is 10.3 Å². The van der Waals surface area contributed by atoms with Gasteiger partial charge in [0.25, 0.3) is 0 Å². The maximum atomic E-state index is 13.0. The first-order valence-electron chi connectivity index (χ1n) is 6.41. The molecule has 0 aliphatic rings. The summed E-state index contributed by atoms with van der Waals surface area (Å²) in [5, 5.41) is 14.1. The lowest BCUT2D eigenvalue weighted by Crippen LogP contribution is -2.14. The van der Waals surface area contributed by atoms with E-state index >= 15 is 0 Å². The SMILES string of the molecule is CCNc1ccc([N+](=O)[O-])c(N(C)c2ccc(F)cc2)n1. The monoisotopic (exact) mass is 290 g/mol. The van der Waals surface area contributed by atoms with Gasteiger partial charge in [-0.2, -0.15) is 0 Å². The van der Waals surface area contributed by atoms with Crippen LogP contribution in [0.15, 0.2) is 36.4 Å². The summed E-state index contributed by atoms with van der Waals surface area (Å²) in [7, 11) is 1.65. The summed E-state index contributed by atoms with van der Waals surface area (Å²) in [5.74, 6) is 0.383. The topological polar surface area (TPSA) is 71.3 Å². The molecule has 7 heteroatoms. The predicted octanol–water partition coefficient (Wildman–Crippen LogP) is 3.33. The van der Waals surface area contributed by atoms with E-state index in [4.69, 9.17) is 0 Å². The Bertz CT molecular complexity index is 646. The number of hydrogen-bond acceptors (Lipinski definition) is 5. The van der Waals surface area contributed by atoms with Crippen LogP contribution in [0.4, 0.5) is 27.4 Å². The van der Waals surface area contributed by atoms with Gasteiger partial charge in [-0.3, -0.25) is 10.1 Å². The van der Waals surface area contributed by atoms with Crippen molar-refractivity contribution in [2.24, 2.45) is 0 Å². The Morgan fingerprint density at radius 2 is 1.95 bits per heavy atom. The molecule has 0 bridgehead atoms. The van der Waals surface area contributed by atoms with Gasteiger partial charge >= 0.3 is 5.69 Å². The minimum Gasteiger partial charge on any atom is -0.370 e. The third-order valence-corrected chi connectivity index (χ3v) is 2.94. The first kappa shape index (κ1) is 14.7. The molecular formula is C14H15FN4O2. The van der Waals surface area contributed by atoms with Gasteiger partial charge in [0.15, 0.2) is 0 Å². The van der Waals surface area contributed by atoms with Gasteiger partial charge in [0.05, 0.1) is 4.92 Å². The van der Waals surface area contributed by atoms with Crippen LogP contribution in [0.25, 0.3) is 0 Å².